The molecule has 0 aliphatic heterocycles. The first-order valence-corrected chi connectivity index (χ1v) is 8.10. The molecule has 0 saturated carbocycles. The molecule has 0 radical (unpaired) electrons. The number of aromatic nitrogens is 2. The van der Waals surface area contributed by atoms with Crippen LogP contribution in [-0.2, 0) is 16.8 Å². The second-order valence-electron chi connectivity index (χ2n) is 7.23. The Hall–Kier alpha value is -2.10. The quantitative estimate of drug-likeness (QED) is 0.922. The number of hydrogen-bond acceptors (Lipinski definition) is 2. The molecule has 4 nitrogen and oxygen atoms in total. The van der Waals surface area contributed by atoms with Crippen molar-refractivity contribution >= 4 is 11.7 Å². The highest BCUT2D eigenvalue weighted by Gasteiger charge is 2.19. The third-order valence-electron chi connectivity index (χ3n) is 3.85. The van der Waals surface area contributed by atoms with E-state index in [0.29, 0.717) is 6.42 Å². The molecule has 0 aliphatic carbocycles. The molecule has 1 aromatic heterocycles. The second kappa shape index (κ2) is 6.57. The van der Waals surface area contributed by atoms with Gasteiger partial charge >= 0.3 is 0 Å². The van der Waals surface area contributed by atoms with Crippen LogP contribution in [0.15, 0.2) is 24.3 Å². The van der Waals surface area contributed by atoms with E-state index in [-0.39, 0.29) is 11.4 Å². The van der Waals surface area contributed by atoms with Crippen LogP contribution in [0, 0.1) is 20.8 Å². The van der Waals surface area contributed by atoms with Gasteiger partial charge in [-0.15, -0.1) is 0 Å². The van der Waals surface area contributed by atoms with E-state index >= 15 is 0 Å². The molecular weight excluding hydrogens is 286 g/mol. The zero-order chi connectivity index (χ0) is 17.2. The Kier molecular flexibility index (Phi) is 4.93. The molecule has 1 N–H and O–H groups in total. The summed E-state index contributed by atoms with van der Waals surface area (Å²) < 4.78 is 1.87. The molecule has 0 bridgehead atoms. The summed E-state index contributed by atoms with van der Waals surface area (Å²) in [5, 5.41) is 7.48. The van der Waals surface area contributed by atoms with E-state index in [9.17, 15) is 4.79 Å². The topological polar surface area (TPSA) is 46.9 Å². The fourth-order valence-corrected chi connectivity index (χ4v) is 2.68. The first-order valence-electron chi connectivity index (χ1n) is 8.10. The van der Waals surface area contributed by atoms with Gasteiger partial charge in [0.25, 0.3) is 0 Å². The number of carbonyl (C=O) groups is 1. The van der Waals surface area contributed by atoms with Gasteiger partial charge in [-0.25, -0.2) is 4.68 Å². The van der Waals surface area contributed by atoms with Gasteiger partial charge in [-0.05, 0) is 59.1 Å². The van der Waals surface area contributed by atoms with Gasteiger partial charge in [-0.1, -0.05) is 23.8 Å². The summed E-state index contributed by atoms with van der Waals surface area (Å²) in [7, 11) is 0. The molecule has 23 heavy (non-hydrogen) atoms. The van der Waals surface area contributed by atoms with Gasteiger partial charge in [0, 0.05) is 12.5 Å². The predicted molar refractivity (Wildman–Crippen MR) is 94.8 cm³/mol. The lowest BCUT2D eigenvalue weighted by atomic mass is 10.0. The van der Waals surface area contributed by atoms with Gasteiger partial charge in [-0.3, -0.25) is 4.79 Å². The van der Waals surface area contributed by atoms with Crippen LogP contribution in [-0.4, -0.2) is 15.7 Å². The fourth-order valence-electron chi connectivity index (χ4n) is 2.68. The lowest BCUT2D eigenvalue weighted by molar-refractivity contribution is -0.116. The number of nitrogens with one attached hydrogen (secondary N) is 1. The summed E-state index contributed by atoms with van der Waals surface area (Å²) in [6, 6.07) is 8.28. The van der Waals surface area contributed by atoms with Crippen LogP contribution in [0.1, 0.15) is 49.6 Å². The van der Waals surface area contributed by atoms with Crippen molar-refractivity contribution < 1.29 is 4.79 Å². The van der Waals surface area contributed by atoms with Crippen LogP contribution in [0.5, 0.6) is 0 Å². The normalized spacial score (nSPS) is 11.6. The van der Waals surface area contributed by atoms with Crippen LogP contribution < -0.4 is 5.32 Å². The van der Waals surface area contributed by atoms with Gasteiger partial charge in [0.05, 0.1) is 11.2 Å². The lowest BCUT2D eigenvalue weighted by Gasteiger charge is -2.22. The smallest absolute Gasteiger partial charge is 0.225 e. The molecule has 0 fully saturated rings. The van der Waals surface area contributed by atoms with Crippen molar-refractivity contribution in [3.05, 3.63) is 46.6 Å². The number of aryl methyl sites for hydroxylation is 4. The third kappa shape index (κ3) is 4.44. The van der Waals surface area contributed by atoms with E-state index in [1.54, 1.807) is 0 Å². The van der Waals surface area contributed by atoms with Crippen LogP contribution in [0.25, 0.3) is 0 Å². The maximum atomic E-state index is 12.3. The van der Waals surface area contributed by atoms with Crippen LogP contribution in [0.4, 0.5) is 5.82 Å². The number of benzene rings is 1. The van der Waals surface area contributed by atoms with Crippen molar-refractivity contribution in [3.8, 4) is 0 Å². The Balaban J connectivity index is 2.03. The molecule has 4 heteroatoms. The van der Waals surface area contributed by atoms with Crippen molar-refractivity contribution in [1.82, 2.24) is 9.78 Å². The first-order chi connectivity index (χ1) is 10.7. The standard InChI is InChI=1S/C19H27N3O/c1-13-7-8-16(14(2)11-13)9-10-18(23)20-17-12-15(3)21-22(17)19(4,5)6/h7-8,11-12H,9-10H2,1-6H3,(H,20,23). The first kappa shape index (κ1) is 17.3. The number of hydrogen-bond donors (Lipinski definition) is 1. The van der Waals surface area contributed by atoms with E-state index in [1.165, 1.54) is 16.7 Å². The minimum absolute atomic E-state index is 0.0235. The predicted octanol–water partition coefficient (Wildman–Crippen LogP) is 4.13. The van der Waals surface area contributed by atoms with Crippen molar-refractivity contribution in [1.29, 1.82) is 0 Å². The summed E-state index contributed by atoms with van der Waals surface area (Å²) in [5.41, 5.74) is 4.47. The number of amides is 1. The Morgan fingerprint density at radius 3 is 2.48 bits per heavy atom. The maximum Gasteiger partial charge on any atom is 0.225 e. The van der Waals surface area contributed by atoms with E-state index in [4.69, 9.17) is 0 Å². The number of anilines is 1. The van der Waals surface area contributed by atoms with Crippen molar-refractivity contribution in [2.45, 2.75) is 59.9 Å². The SMILES string of the molecule is Cc1ccc(CCC(=O)Nc2cc(C)nn2C(C)(C)C)c(C)c1. The minimum atomic E-state index is -0.162. The van der Waals surface area contributed by atoms with Crippen molar-refractivity contribution in [2.24, 2.45) is 0 Å². The van der Waals surface area contributed by atoms with Gasteiger partial charge in [-0.2, -0.15) is 5.10 Å². The Labute approximate surface area is 138 Å². The molecule has 2 rings (SSSR count). The van der Waals surface area contributed by atoms with E-state index in [0.717, 1.165) is 17.9 Å². The molecule has 124 valence electrons. The fraction of sp³-hybridized carbons (Fsp3) is 0.474. The molecular formula is C19H27N3O. The molecule has 0 aliphatic rings. The van der Waals surface area contributed by atoms with Crippen molar-refractivity contribution in [3.63, 3.8) is 0 Å². The van der Waals surface area contributed by atoms with E-state index in [2.05, 4.69) is 63.2 Å². The summed E-state index contributed by atoms with van der Waals surface area (Å²) in [6.07, 6.45) is 1.22. The average Bonchev–Trinajstić information content (AvgIpc) is 2.78. The van der Waals surface area contributed by atoms with Gasteiger partial charge in [0.1, 0.15) is 5.82 Å². The van der Waals surface area contributed by atoms with E-state index < -0.39 is 0 Å². The molecule has 1 amide bonds. The molecule has 0 atom stereocenters. The van der Waals surface area contributed by atoms with Crippen LogP contribution in [0.2, 0.25) is 0 Å². The molecule has 1 heterocycles. The Morgan fingerprint density at radius 2 is 1.87 bits per heavy atom. The third-order valence-corrected chi connectivity index (χ3v) is 3.85. The molecule has 2 aromatic rings. The van der Waals surface area contributed by atoms with Crippen LogP contribution >= 0.6 is 0 Å². The highest BCUT2D eigenvalue weighted by molar-refractivity contribution is 5.90. The highest BCUT2D eigenvalue weighted by Crippen LogP contribution is 2.21. The zero-order valence-electron chi connectivity index (χ0n) is 15.0. The zero-order valence-corrected chi connectivity index (χ0v) is 15.0. The molecule has 0 spiro atoms. The van der Waals surface area contributed by atoms with Gasteiger partial charge in [0.2, 0.25) is 5.91 Å². The van der Waals surface area contributed by atoms with Crippen molar-refractivity contribution in [2.75, 3.05) is 5.32 Å². The number of carbonyl (C=O) groups excluding carboxylic acids is 1. The summed E-state index contributed by atoms with van der Waals surface area (Å²) in [4.78, 5) is 12.3. The molecule has 1 aromatic carbocycles. The molecule has 0 unspecified atom stereocenters. The monoisotopic (exact) mass is 313 g/mol. The Morgan fingerprint density at radius 1 is 1.17 bits per heavy atom. The summed E-state index contributed by atoms with van der Waals surface area (Å²) in [5.74, 6) is 0.788. The summed E-state index contributed by atoms with van der Waals surface area (Å²) in [6.45, 7) is 12.3. The lowest BCUT2D eigenvalue weighted by Crippen LogP contribution is -2.26. The van der Waals surface area contributed by atoms with E-state index in [1.807, 2.05) is 17.7 Å². The number of rotatable bonds is 4. The highest BCUT2D eigenvalue weighted by atomic mass is 16.1. The number of nitrogens with zero attached hydrogens (tertiary/aromatic N) is 2. The Bertz CT molecular complexity index is 708. The largest absolute Gasteiger partial charge is 0.311 e. The molecule has 0 saturated heterocycles. The van der Waals surface area contributed by atoms with Crippen LogP contribution in [0.3, 0.4) is 0 Å². The average molecular weight is 313 g/mol. The summed E-state index contributed by atoms with van der Waals surface area (Å²) >= 11 is 0. The van der Waals surface area contributed by atoms with Gasteiger partial charge in [0.15, 0.2) is 0 Å². The maximum absolute atomic E-state index is 12.3. The second-order valence-corrected chi connectivity index (χ2v) is 7.23. The minimum Gasteiger partial charge on any atom is -0.311 e. The van der Waals surface area contributed by atoms with Gasteiger partial charge < -0.3 is 5.32 Å².